The summed E-state index contributed by atoms with van der Waals surface area (Å²) in [6.07, 6.45) is 3.45. The smallest absolute Gasteiger partial charge is 0.414 e. The molecule has 0 fully saturated rings. The summed E-state index contributed by atoms with van der Waals surface area (Å²) in [6.45, 7) is 13.2. The maximum Gasteiger partial charge on any atom is 0.414 e. The zero-order valence-electron chi connectivity index (χ0n) is 27.0. The Bertz CT molecular complexity index is 1430. The van der Waals surface area contributed by atoms with E-state index in [0.717, 1.165) is 5.57 Å². The number of ether oxygens (including phenoxy) is 3. The van der Waals surface area contributed by atoms with Crippen molar-refractivity contribution in [1.82, 2.24) is 14.9 Å². The molecule has 0 bridgehead atoms. The highest BCUT2D eigenvalue weighted by molar-refractivity contribution is 5.88. The minimum absolute atomic E-state index is 0.0588. The van der Waals surface area contributed by atoms with Gasteiger partial charge in [0.2, 0.25) is 0 Å². The van der Waals surface area contributed by atoms with Crippen molar-refractivity contribution in [2.24, 2.45) is 0 Å². The van der Waals surface area contributed by atoms with Crippen LogP contribution in [0.25, 0.3) is 5.57 Å². The van der Waals surface area contributed by atoms with Crippen LogP contribution in [0.4, 0.5) is 31.3 Å². The van der Waals surface area contributed by atoms with Crippen LogP contribution >= 0.6 is 0 Å². The monoisotopic (exact) mass is 597 g/mol. The number of anilines is 3. The second-order valence-electron chi connectivity index (χ2n) is 13.2. The van der Waals surface area contributed by atoms with E-state index in [4.69, 9.17) is 14.2 Å². The number of carbonyl (C=O) groups is 2. The Hall–Kier alpha value is -3.89. The van der Waals surface area contributed by atoms with Gasteiger partial charge in [0.15, 0.2) is 17.4 Å². The van der Waals surface area contributed by atoms with Gasteiger partial charge in [0.05, 0.1) is 23.6 Å². The van der Waals surface area contributed by atoms with Crippen molar-refractivity contribution in [3.05, 3.63) is 41.0 Å². The molecule has 2 aromatic heterocycles. The topological polar surface area (TPSA) is 97.3 Å². The summed E-state index contributed by atoms with van der Waals surface area (Å²) >= 11 is 0. The molecule has 2 amide bonds. The summed E-state index contributed by atoms with van der Waals surface area (Å²) in [5.74, 6) is 0.525. The molecule has 0 radical (unpaired) electrons. The van der Waals surface area contributed by atoms with Gasteiger partial charge in [-0.05, 0) is 79.4 Å². The fraction of sp³-hybridized carbons (Fsp3) is 0.562. The van der Waals surface area contributed by atoms with E-state index in [1.165, 1.54) is 4.90 Å². The third kappa shape index (κ3) is 7.37. The van der Waals surface area contributed by atoms with Gasteiger partial charge in [-0.1, -0.05) is 6.08 Å². The molecule has 0 saturated heterocycles. The highest BCUT2D eigenvalue weighted by atomic mass is 19.1. The molecule has 0 spiro atoms. The maximum atomic E-state index is 16.5. The van der Waals surface area contributed by atoms with E-state index in [0.29, 0.717) is 66.5 Å². The first kappa shape index (κ1) is 32.0. The largest absolute Gasteiger partial charge is 0.491 e. The summed E-state index contributed by atoms with van der Waals surface area (Å²) in [6, 6.07) is 3.42. The molecule has 10 nitrogen and oxygen atoms in total. The molecular formula is C32H44FN5O5. The fourth-order valence-corrected chi connectivity index (χ4v) is 5.09. The van der Waals surface area contributed by atoms with Gasteiger partial charge >= 0.3 is 12.2 Å². The molecule has 2 aliphatic rings. The number of hydrogen-bond donors (Lipinski definition) is 0. The van der Waals surface area contributed by atoms with Gasteiger partial charge in [-0.2, -0.15) is 0 Å². The quantitative estimate of drug-likeness (QED) is 0.371. The number of aryl methyl sites for hydroxylation is 1. The van der Waals surface area contributed by atoms with Crippen LogP contribution in [0.2, 0.25) is 0 Å². The van der Waals surface area contributed by atoms with Crippen molar-refractivity contribution >= 4 is 35.1 Å². The predicted octanol–water partition coefficient (Wildman–Crippen LogP) is 6.80. The zero-order valence-corrected chi connectivity index (χ0v) is 27.0. The Morgan fingerprint density at radius 1 is 0.977 bits per heavy atom. The first-order chi connectivity index (χ1) is 19.9. The van der Waals surface area contributed by atoms with Crippen LogP contribution in [0.15, 0.2) is 18.2 Å². The standard InChI is InChI=1S/C32H44FN5O5/c1-19-17-22(37(9)30(40)43-32(5,6)7)18-24(34-19)38(10)28-26(33)25(27-23(35-28)15-16-41-27)20-11-13-21(14-12-20)36(8)29(39)42-31(2,3)4/h11,17-18,21H,12-16H2,1-10H3/t21-/m0/s1. The number of allylic oxidation sites excluding steroid dienone is 1. The van der Waals surface area contributed by atoms with Crippen LogP contribution < -0.4 is 14.5 Å². The molecule has 11 heteroatoms. The van der Waals surface area contributed by atoms with E-state index < -0.39 is 23.1 Å². The summed E-state index contributed by atoms with van der Waals surface area (Å²) in [7, 11) is 5.07. The van der Waals surface area contributed by atoms with E-state index in [2.05, 4.69) is 9.97 Å². The number of hydrogen-bond acceptors (Lipinski definition) is 8. The average Bonchev–Trinajstić information content (AvgIpc) is 3.37. The van der Waals surface area contributed by atoms with Crippen molar-refractivity contribution in [1.29, 1.82) is 0 Å². The molecule has 234 valence electrons. The molecule has 43 heavy (non-hydrogen) atoms. The number of aromatic nitrogens is 2. The number of pyridine rings is 2. The summed E-state index contributed by atoms with van der Waals surface area (Å²) in [5, 5.41) is 0. The first-order valence-corrected chi connectivity index (χ1v) is 14.6. The molecule has 0 saturated carbocycles. The minimum atomic E-state index is -0.651. The van der Waals surface area contributed by atoms with Gasteiger partial charge in [0.1, 0.15) is 17.0 Å². The van der Waals surface area contributed by atoms with Crippen LogP contribution in [0.1, 0.15) is 77.8 Å². The van der Waals surface area contributed by atoms with E-state index in [9.17, 15) is 9.59 Å². The molecule has 1 aliphatic heterocycles. The van der Waals surface area contributed by atoms with Crippen LogP contribution in [0, 0.1) is 12.7 Å². The SMILES string of the molecule is Cc1cc(N(C)C(=O)OC(C)(C)C)cc(N(C)c2nc3c(c(C4=CC[C@H](N(C)C(=O)OC(C)(C)C)CC4)c2F)OCC3)n1. The number of carbonyl (C=O) groups excluding carboxylic acids is 2. The molecule has 1 atom stereocenters. The van der Waals surface area contributed by atoms with Gasteiger partial charge in [-0.25, -0.2) is 23.9 Å². The molecule has 1 aliphatic carbocycles. The van der Waals surface area contributed by atoms with Gasteiger partial charge < -0.3 is 24.0 Å². The second kappa shape index (κ2) is 12.0. The summed E-state index contributed by atoms with van der Waals surface area (Å²) in [4.78, 5) is 39.2. The number of amides is 2. The molecule has 0 N–H and O–H groups in total. The van der Waals surface area contributed by atoms with Crippen molar-refractivity contribution in [2.75, 3.05) is 37.5 Å². The molecule has 4 rings (SSSR count). The molecular weight excluding hydrogens is 553 g/mol. The van der Waals surface area contributed by atoms with Crippen LogP contribution in [0.5, 0.6) is 5.75 Å². The van der Waals surface area contributed by atoms with Crippen LogP contribution in [-0.4, -0.2) is 72.0 Å². The Morgan fingerprint density at radius 3 is 2.23 bits per heavy atom. The van der Waals surface area contributed by atoms with E-state index in [1.54, 1.807) is 63.8 Å². The Morgan fingerprint density at radius 2 is 1.63 bits per heavy atom. The van der Waals surface area contributed by atoms with Crippen molar-refractivity contribution in [2.45, 2.75) is 91.4 Å². The van der Waals surface area contributed by atoms with E-state index in [1.807, 2.05) is 33.8 Å². The number of nitrogens with zero attached hydrogens (tertiary/aromatic N) is 5. The second-order valence-corrected chi connectivity index (χ2v) is 13.2. The van der Waals surface area contributed by atoms with Crippen molar-refractivity contribution in [3.63, 3.8) is 0 Å². The number of rotatable bonds is 5. The Balaban J connectivity index is 1.64. The number of halogens is 1. The average molecular weight is 598 g/mol. The summed E-state index contributed by atoms with van der Waals surface area (Å²) < 4.78 is 33.4. The number of fused-ring (bicyclic) bond motifs is 1. The van der Waals surface area contributed by atoms with E-state index >= 15 is 4.39 Å². The Labute approximate surface area is 253 Å². The van der Waals surface area contributed by atoms with Gasteiger partial charge in [-0.3, -0.25) is 4.90 Å². The Kier molecular flexibility index (Phi) is 8.95. The molecule has 0 aromatic carbocycles. The lowest BCUT2D eigenvalue weighted by Crippen LogP contribution is -2.41. The summed E-state index contributed by atoms with van der Waals surface area (Å²) in [5.41, 5.74) is 1.89. The molecule has 0 unspecified atom stereocenters. The maximum absolute atomic E-state index is 16.5. The predicted molar refractivity (Wildman–Crippen MR) is 165 cm³/mol. The third-order valence-corrected chi connectivity index (χ3v) is 7.31. The van der Waals surface area contributed by atoms with Crippen LogP contribution in [0.3, 0.4) is 0 Å². The first-order valence-electron chi connectivity index (χ1n) is 14.6. The lowest BCUT2D eigenvalue weighted by Gasteiger charge is -2.33. The normalized spacial score (nSPS) is 16.5. The minimum Gasteiger partial charge on any atom is -0.491 e. The van der Waals surface area contributed by atoms with Gasteiger partial charge in [0.25, 0.3) is 0 Å². The van der Waals surface area contributed by atoms with Crippen molar-refractivity contribution < 1.29 is 28.2 Å². The highest BCUT2D eigenvalue weighted by Crippen LogP contribution is 2.43. The lowest BCUT2D eigenvalue weighted by molar-refractivity contribution is 0.0215. The van der Waals surface area contributed by atoms with E-state index in [-0.39, 0.29) is 18.0 Å². The van der Waals surface area contributed by atoms with Gasteiger partial charge in [-0.15, -0.1) is 0 Å². The fourth-order valence-electron chi connectivity index (χ4n) is 5.09. The molecule has 2 aromatic rings. The highest BCUT2D eigenvalue weighted by Gasteiger charge is 2.33. The van der Waals surface area contributed by atoms with Crippen molar-refractivity contribution in [3.8, 4) is 5.75 Å². The van der Waals surface area contributed by atoms with Gasteiger partial charge in [0, 0.05) is 45.4 Å². The lowest BCUT2D eigenvalue weighted by atomic mass is 9.89. The van der Waals surface area contributed by atoms with Crippen LogP contribution in [-0.2, 0) is 15.9 Å². The zero-order chi connectivity index (χ0) is 31.9. The molecule has 3 heterocycles. The third-order valence-electron chi connectivity index (χ3n) is 7.31.